The number of hydrogen-bond donors (Lipinski definition) is 1. The van der Waals surface area contributed by atoms with Crippen LogP contribution in [0.3, 0.4) is 0 Å². The van der Waals surface area contributed by atoms with Gasteiger partial charge in [0.15, 0.2) is 0 Å². The Morgan fingerprint density at radius 1 is 1.08 bits per heavy atom. The van der Waals surface area contributed by atoms with Crippen LogP contribution in [0, 0.1) is 0 Å². The third-order valence-electron chi connectivity index (χ3n) is 4.32. The molecule has 0 spiro atoms. The van der Waals surface area contributed by atoms with Gasteiger partial charge in [-0.25, -0.2) is 0 Å². The Morgan fingerprint density at radius 3 is 2.50 bits per heavy atom. The molecule has 1 amide bonds. The summed E-state index contributed by atoms with van der Waals surface area (Å²) in [4.78, 5) is 14.7. The largest absolute Gasteiger partial charge is 0.350 e. The van der Waals surface area contributed by atoms with Gasteiger partial charge in [-0.15, -0.1) is 0 Å². The first kappa shape index (κ1) is 18.2. The van der Waals surface area contributed by atoms with Crippen LogP contribution in [0.15, 0.2) is 73.1 Å². The lowest BCUT2D eigenvalue weighted by Crippen LogP contribution is -2.34. The van der Waals surface area contributed by atoms with Gasteiger partial charge < -0.3 is 14.8 Å². The van der Waals surface area contributed by atoms with Gasteiger partial charge in [0, 0.05) is 35.2 Å². The second-order valence-electron chi connectivity index (χ2n) is 6.39. The molecule has 1 aromatic heterocycles. The lowest BCUT2D eigenvalue weighted by molar-refractivity contribution is 0.0942. The molecule has 1 N–H and O–H groups in total. The van der Waals surface area contributed by atoms with Crippen molar-refractivity contribution in [1.82, 2.24) is 14.8 Å². The minimum Gasteiger partial charge on any atom is -0.350 e. The van der Waals surface area contributed by atoms with Gasteiger partial charge in [-0.1, -0.05) is 29.8 Å². The lowest BCUT2D eigenvalue weighted by Gasteiger charge is -2.25. The summed E-state index contributed by atoms with van der Waals surface area (Å²) in [6.07, 6.45) is 3.91. The van der Waals surface area contributed by atoms with E-state index in [1.165, 1.54) is 0 Å². The molecule has 0 aliphatic rings. The molecule has 0 saturated heterocycles. The molecule has 1 atom stereocenters. The van der Waals surface area contributed by atoms with E-state index in [2.05, 4.69) is 10.2 Å². The van der Waals surface area contributed by atoms with Crippen LogP contribution in [0.25, 0.3) is 5.69 Å². The molecule has 1 heterocycles. The maximum atomic E-state index is 12.6. The molecule has 3 aromatic rings. The van der Waals surface area contributed by atoms with Crippen LogP contribution in [0.5, 0.6) is 0 Å². The highest BCUT2D eigenvalue weighted by Gasteiger charge is 2.16. The Bertz CT molecular complexity index is 874. The predicted molar refractivity (Wildman–Crippen MR) is 106 cm³/mol. The Balaban J connectivity index is 1.72. The van der Waals surface area contributed by atoms with Crippen LogP contribution in [0.2, 0.25) is 5.02 Å². The fraction of sp³-hybridized carbons (Fsp3) is 0.190. The van der Waals surface area contributed by atoms with E-state index in [4.69, 9.17) is 11.6 Å². The van der Waals surface area contributed by atoms with E-state index >= 15 is 0 Å². The molecule has 26 heavy (non-hydrogen) atoms. The maximum Gasteiger partial charge on any atom is 0.251 e. The quantitative estimate of drug-likeness (QED) is 0.710. The number of hydrogen-bond acceptors (Lipinski definition) is 2. The molecule has 0 fully saturated rings. The summed E-state index contributed by atoms with van der Waals surface area (Å²) in [5, 5.41) is 3.73. The summed E-state index contributed by atoms with van der Waals surface area (Å²) in [5.41, 5.74) is 2.67. The summed E-state index contributed by atoms with van der Waals surface area (Å²) in [7, 11) is 3.98. The van der Waals surface area contributed by atoms with E-state index in [-0.39, 0.29) is 11.9 Å². The SMILES string of the molecule is CN(C)C(CNC(=O)c1cccc(-n2cccc2)c1)c1cccc(Cl)c1. The van der Waals surface area contributed by atoms with Crippen molar-refractivity contribution in [1.29, 1.82) is 0 Å². The molecule has 4 nitrogen and oxygen atoms in total. The summed E-state index contributed by atoms with van der Waals surface area (Å²) in [5.74, 6) is -0.0899. The van der Waals surface area contributed by atoms with Crippen molar-refractivity contribution >= 4 is 17.5 Å². The molecular formula is C21H22ClN3O. The number of amides is 1. The molecule has 3 rings (SSSR count). The normalized spacial score (nSPS) is 12.2. The number of aromatic nitrogens is 1. The fourth-order valence-electron chi connectivity index (χ4n) is 2.92. The zero-order valence-electron chi connectivity index (χ0n) is 14.9. The second-order valence-corrected chi connectivity index (χ2v) is 6.82. The van der Waals surface area contributed by atoms with Crippen molar-refractivity contribution in [2.75, 3.05) is 20.6 Å². The summed E-state index contributed by atoms with van der Waals surface area (Å²) in [6.45, 7) is 0.500. The Hall–Kier alpha value is -2.56. The van der Waals surface area contributed by atoms with Gasteiger partial charge in [0.2, 0.25) is 0 Å². The monoisotopic (exact) mass is 367 g/mol. The molecule has 134 valence electrons. The van der Waals surface area contributed by atoms with E-state index in [0.717, 1.165) is 11.3 Å². The minimum absolute atomic E-state index is 0.0466. The molecule has 0 aliphatic heterocycles. The van der Waals surface area contributed by atoms with E-state index in [1.54, 1.807) is 0 Å². The predicted octanol–water partition coefficient (Wildman–Crippen LogP) is 4.16. The van der Waals surface area contributed by atoms with Gasteiger partial charge >= 0.3 is 0 Å². The molecule has 1 unspecified atom stereocenters. The highest BCUT2D eigenvalue weighted by Crippen LogP contribution is 2.21. The standard InChI is InChI=1S/C21H22ClN3O/c1-24(2)20(16-7-5-9-18(22)13-16)15-23-21(26)17-8-6-10-19(14-17)25-11-3-4-12-25/h3-14,20H,15H2,1-2H3,(H,23,26). The fourth-order valence-corrected chi connectivity index (χ4v) is 3.12. The second kappa shape index (κ2) is 8.21. The number of benzene rings is 2. The van der Waals surface area contributed by atoms with Gasteiger partial charge in [-0.2, -0.15) is 0 Å². The molecule has 5 heteroatoms. The Labute approximate surface area is 159 Å². The molecule has 0 saturated carbocycles. The van der Waals surface area contributed by atoms with Crippen molar-refractivity contribution in [3.05, 3.63) is 89.2 Å². The average molecular weight is 368 g/mol. The Morgan fingerprint density at radius 2 is 1.81 bits per heavy atom. The van der Waals surface area contributed by atoms with E-state index < -0.39 is 0 Å². The zero-order chi connectivity index (χ0) is 18.5. The lowest BCUT2D eigenvalue weighted by atomic mass is 10.1. The smallest absolute Gasteiger partial charge is 0.251 e. The van der Waals surface area contributed by atoms with Crippen molar-refractivity contribution in [2.45, 2.75) is 6.04 Å². The molecule has 0 bridgehead atoms. The van der Waals surface area contributed by atoms with Gasteiger partial charge in [0.05, 0.1) is 6.04 Å². The molecule has 0 aliphatic carbocycles. The van der Waals surface area contributed by atoms with Crippen LogP contribution in [0.1, 0.15) is 22.0 Å². The summed E-state index contributed by atoms with van der Waals surface area (Å²) < 4.78 is 1.98. The first-order chi connectivity index (χ1) is 12.5. The number of nitrogens with one attached hydrogen (secondary N) is 1. The van der Waals surface area contributed by atoms with Crippen LogP contribution >= 0.6 is 11.6 Å². The van der Waals surface area contributed by atoms with Gasteiger partial charge in [0.1, 0.15) is 0 Å². The van der Waals surface area contributed by atoms with Gasteiger partial charge in [0.25, 0.3) is 5.91 Å². The van der Waals surface area contributed by atoms with E-state index in [0.29, 0.717) is 17.1 Å². The molecule has 0 radical (unpaired) electrons. The number of halogens is 1. The summed E-state index contributed by atoms with van der Waals surface area (Å²) >= 11 is 6.11. The topological polar surface area (TPSA) is 37.3 Å². The number of carbonyl (C=O) groups is 1. The van der Waals surface area contributed by atoms with Crippen LogP contribution in [-0.2, 0) is 0 Å². The maximum absolute atomic E-state index is 12.6. The third-order valence-corrected chi connectivity index (χ3v) is 4.56. The van der Waals surface area contributed by atoms with Crippen molar-refractivity contribution in [3.63, 3.8) is 0 Å². The van der Waals surface area contributed by atoms with Crippen LogP contribution in [0.4, 0.5) is 0 Å². The number of rotatable bonds is 6. The number of carbonyl (C=O) groups excluding carboxylic acids is 1. The number of nitrogens with zero attached hydrogens (tertiary/aromatic N) is 2. The first-order valence-electron chi connectivity index (χ1n) is 8.48. The van der Waals surface area contributed by atoms with Gasteiger partial charge in [-0.05, 0) is 62.1 Å². The van der Waals surface area contributed by atoms with Gasteiger partial charge in [-0.3, -0.25) is 4.79 Å². The average Bonchev–Trinajstić information content (AvgIpc) is 3.16. The minimum atomic E-state index is -0.0899. The third kappa shape index (κ3) is 4.34. The van der Waals surface area contributed by atoms with E-state index in [1.807, 2.05) is 91.7 Å². The van der Waals surface area contributed by atoms with E-state index in [9.17, 15) is 4.79 Å². The highest BCUT2D eigenvalue weighted by molar-refractivity contribution is 6.30. The van der Waals surface area contributed by atoms with Crippen molar-refractivity contribution < 1.29 is 4.79 Å². The van der Waals surface area contributed by atoms with Crippen LogP contribution in [-0.4, -0.2) is 36.0 Å². The van der Waals surface area contributed by atoms with Crippen molar-refractivity contribution in [2.24, 2.45) is 0 Å². The first-order valence-corrected chi connectivity index (χ1v) is 8.86. The molecule has 2 aromatic carbocycles. The van der Waals surface area contributed by atoms with Crippen LogP contribution < -0.4 is 5.32 Å². The van der Waals surface area contributed by atoms with Crippen molar-refractivity contribution in [3.8, 4) is 5.69 Å². The molecular weight excluding hydrogens is 346 g/mol. The Kier molecular flexibility index (Phi) is 5.76. The number of likely N-dealkylation sites (N-methyl/N-ethyl adjacent to an activating group) is 1. The highest BCUT2D eigenvalue weighted by atomic mass is 35.5. The summed E-state index contributed by atoms with van der Waals surface area (Å²) in [6, 6.07) is 19.3. The zero-order valence-corrected chi connectivity index (χ0v) is 15.6.